The zero-order valence-corrected chi connectivity index (χ0v) is 14.5. The van der Waals surface area contributed by atoms with Crippen molar-refractivity contribution in [1.82, 2.24) is 9.55 Å². The smallest absolute Gasteiger partial charge is 0.262 e. The fourth-order valence-electron chi connectivity index (χ4n) is 3.27. The van der Waals surface area contributed by atoms with E-state index in [0.29, 0.717) is 17.5 Å². The van der Waals surface area contributed by atoms with Crippen LogP contribution >= 0.6 is 22.9 Å². The van der Waals surface area contributed by atoms with Gasteiger partial charge in [0.1, 0.15) is 4.83 Å². The number of thiophene rings is 1. The van der Waals surface area contributed by atoms with Crippen LogP contribution in [-0.4, -0.2) is 9.55 Å². The van der Waals surface area contributed by atoms with E-state index < -0.39 is 0 Å². The number of halogens is 1. The molecule has 2 heterocycles. The first-order valence-corrected chi connectivity index (χ1v) is 9.05. The summed E-state index contributed by atoms with van der Waals surface area (Å²) in [6, 6.07) is 7.59. The molecule has 1 aromatic carbocycles. The van der Waals surface area contributed by atoms with Gasteiger partial charge in [0.05, 0.1) is 18.3 Å². The Hall–Kier alpha value is -1.65. The first kappa shape index (κ1) is 14.9. The molecule has 0 saturated carbocycles. The molecule has 0 aliphatic heterocycles. The van der Waals surface area contributed by atoms with Crippen LogP contribution < -0.4 is 5.56 Å². The van der Waals surface area contributed by atoms with Crippen LogP contribution in [0.15, 0.2) is 35.4 Å². The number of hydrogen-bond acceptors (Lipinski definition) is 3. The molecule has 2 aromatic heterocycles. The lowest BCUT2D eigenvalue weighted by atomic mass is 9.89. The second-order valence-corrected chi connectivity index (χ2v) is 7.86. The monoisotopic (exact) mass is 344 g/mol. The molecule has 0 bridgehead atoms. The van der Waals surface area contributed by atoms with Crippen molar-refractivity contribution in [3.8, 4) is 0 Å². The summed E-state index contributed by atoms with van der Waals surface area (Å²) >= 11 is 7.61. The van der Waals surface area contributed by atoms with Crippen molar-refractivity contribution in [2.75, 3.05) is 0 Å². The van der Waals surface area contributed by atoms with E-state index in [1.165, 1.54) is 10.4 Å². The number of fused-ring (bicyclic) bond motifs is 3. The third-order valence-corrected chi connectivity index (χ3v) is 5.96. The summed E-state index contributed by atoms with van der Waals surface area (Å²) in [5.41, 5.74) is 2.37. The minimum absolute atomic E-state index is 0.0806. The molecule has 0 amide bonds. The lowest BCUT2D eigenvalue weighted by Crippen LogP contribution is -2.22. The van der Waals surface area contributed by atoms with Gasteiger partial charge in [-0.05, 0) is 48.4 Å². The molecule has 0 fully saturated rings. The molecule has 0 N–H and O–H groups in total. The maximum atomic E-state index is 12.9. The van der Waals surface area contributed by atoms with E-state index in [-0.39, 0.29) is 5.56 Å². The van der Waals surface area contributed by atoms with Gasteiger partial charge in [0.2, 0.25) is 0 Å². The van der Waals surface area contributed by atoms with Crippen LogP contribution in [0.25, 0.3) is 10.2 Å². The zero-order chi connectivity index (χ0) is 16.0. The number of hydrogen-bond donors (Lipinski definition) is 0. The highest BCUT2D eigenvalue weighted by atomic mass is 35.5. The predicted molar refractivity (Wildman–Crippen MR) is 95.6 cm³/mol. The van der Waals surface area contributed by atoms with Gasteiger partial charge in [-0.2, -0.15) is 0 Å². The van der Waals surface area contributed by atoms with E-state index in [0.717, 1.165) is 35.0 Å². The first-order valence-electron chi connectivity index (χ1n) is 7.86. The van der Waals surface area contributed by atoms with Crippen molar-refractivity contribution in [3.63, 3.8) is 0 Å². The van der Waals surface area contributed by atoms with E-state index in [9.17, 15) is 4.79 Å². The van der Waals surface area contributed by atoms with Crippen LogP contribution in [0.3, 0.4) is 0 Å². The van der Waals surface area contributed by atoms with Crippen LogP contribution in [0.1, 0.15) is 29.3 Å². The Bertz CT molecular complexity index is 927. The van der Waals surface area contributed by atoms with Gasteiger partial charge in [-0.25, -0.2) is 4.98 Å². The molecule has 0 saturated heterocycles. The Morgan fingerprint density at radius 1 is 1.35 bits per heavy atom. The van der Waals surface area contributed by atoms with Gasteiger partial charge in [0, 0.05) is 9.90 Å². The van der Waals surface area contributed by atoms with E-state index in [2.05, 4.69) is 11.9 Å². The van der Waals surface area contributed by atoms with Crippen molar-refractivity contribution < 1.29 is 0 Å². The number of rotatable bonds is 2. The molecule has 0 radical (unpaired) electrons. The number of aromatic nitrogens is 2. The molecule has 0 spiro atoms. The van der Waals surface area contributed by atoms with Gasteiger partial charge in [0.25, 0.3) is 5.56 Å². The largest absolute Gasteiger partial charge is 0.294 e. The average Bonchev–Trinajstić information content (AvgIpc) is 2.90. The van der Waals surface area contributed by atoms with Crippen LogP contribution in [-0.2, 0) is 19.4 Å². The molecule has 1 atom stereocenters. The quantitative estimate of drug-likeness (QED) is 0.695. The summed E-state index contributed by atoms with van der Waals surface area (Å²) in [6.07, 6.45) is 4.90. The topological polar surface area (TPSA) is 34.9 Å². The summed E-state index contributed by atoms with van der Waals surface area (Å²) in [6.45, 7) is 2.81. The van der Waals surface area contributed by atoms with Crippen molar-refractivity contribution in [2.45, 2.75) is 32.7 Å². The van der Waals surface area contributed by atoms with Gasteiger partial charge < -0.3 is 0 Å². The van der Waals surface area contributed by atoms with Crippen LogP contribution in [0.2, 0.25) is 5.02 Å². The highest BCUT2D eigenvalue weighted by molar-refractivity contribution is 7.18. The Morgan fingerprint density at radius 2 is 2.13 bits per heavy atom. The molecule has 23 heavy (non-hydrogen) atoms. The van der Waals surface area contributed by atoms with Crippen molar-refractivity contribution in [2.24, 2.45) is 5.92 Å². The molecule has 5 heteroatoms. The summed E-state index contributed by atoms with van der Waals surface area (Å²) in [4.78, 5) is 19.7. The fourth-order valence-corrected chi connectivity index (χ4v) is 4.73. The highest BCUT2D eigenvalue weighted by Gasteiger charge is 2.23. The van der Waals surface area contributed by atoms with Crippen LogP contribution in [0.4, 0.5) is 0 Å². The Balaban J connectivity index is 1.78. The molecule has 4 rings (SSSR count). The fraction of sp³-hybridized carbons (Fsp3) is 0.333. The van der Waals surface area contributed by atoms with Gasteiger partial charge in [-0.15, -0.1) is 11.3 Å². The van der Waals surface area contributed by atoms with Gasteiger partial charge in [-0.1, -0.05) is 30.7 Å². The van der Waals surface area contributed by atoms with E-state index >= 15 is 0 Å². The Labute approximate surface area is 143 Å². The van der Waals surface area contributed by atoms with Crippen molar-refractivity contribution >= 4 is 33.2 Å². The lowest BCUT2D eigenvalue weighted by Gasteiger charge is -2.17. The highest BCUT2D eigenvalue weighted by Crippen LogP contribution is 2.35. The second kappa shape index (κ2) is 5.77. The Kier molecular flexibility index (Phi) is 3.74. The summed E-state index contributed by atoms with van der Waals surface area (Å²) in [5.74, 6) is 0.701. The average molecular weight is 345 g/mol. The zero-order valence-electron chi connectivity index (χ0n) is 12.9. The Morgan fingerprint density at radius 3 is 2.91 bits per heavy atom. The van der Waals surface area contributed by atoms with Crippen LogP contribution in [0, 0.1) is 5.92 Å². The normalized spacial score (nSPS) is 17.4. The van der Waals surface area contributed by atoms with E-state index in [1.54, 1.807) is 22.2 Å². The third-order valence-electron chi connectivity index (χ3n) is 4.55. The maximum Gasteiger partial charge on any atom is 0.262 e. The maximum absolute atomic E-state index is 12.9. The van der Waals surface area contributed by atoms with Gasteiger partial charge in [0.15, 0.2) is 0 Å². The lowest BCUT2D eigenvalue weighted by molar-refractivity contribution is 0.509. The minimum Gasteiger partial charge on any atom is -0.294 e. The minimum atomic E-state index is 0.0806. The molecule has 0 unspecified atom stereocenters. The summed E-state index contributed by atoms with van der Waals surface area (Å²) < 4.78 is 1.70. The van der Waals surface area contributed by atoms with Crippen molar-refractivity contribution in [3.05, 3.63) is 62.0 Å². The summed E-state index contributed by atoms with van der Waals surface area (Å²) in [5, 5.41) is 1.55. The molecular weight excluding hydrogens is 328 g/mol. The number of benzene rings is 1. The number of nitrogens with zero attached hydrogens (tertiary/aromatic N) is 2. The van der Waals surface area contributed by atoms with Crippen molar-refractivity contribution in [1.29, 1.82) is 0 Å². The van der Waals surface area contributed by atoms with Gasteiger partial charge >= 0.3 is 0 Å². The molecule has 3 nitrogen and oxygen atoms in total. The SMILES string of the molecule is C[C@H]1CCc2c(sc3ncn(Cc4ccc(Cl)cc4)c(=O)c23)C1. The first-order chi connectivity index (χ1) is 11.1. The molecule has 1 aliphatic carbocycles. The molecular formula is C18H17ClN2OS. The van der Waals surface area contributed by atoms with E-state index in [1.807, 2.05) is 24.3 Å². The molecule has 118 valence electrons. The predicted octanol–water partition coefficient (Wildman–Crippen LogP) is 4.28. The van der Waals surface area contributed by atoms with Crippen LogP contribution in [0.5, 0.6) is 0 Å². The standard InChI is InChI=1S/C18H17ClN2OS/c1-11-2-7-14-15(8-11)23-17-16(14)18(22)21(10-20-17)9-12-3-5-13(19)6-4-12/h3-6,10-11H,2,7-9H2,1H3/t11-/m0/s1. The second-order valence-electron chi connectivity index (χ2n) is 6.34. The van der Waals surface area contributed by atoms with E-state index in [4.69, 9.17) is 11.6 Å². The third kappa shape index (κ3) is 2.70. The molecule has 3 aromatic rings. The number of aryl methyl sites for hydroxylation is 1. The molecule has 1 aliphatic rings. The van der Waals surface area contributed by atoms with Gasteiger partial charge in [-0.3, -0.25) is 9.36 Å². The summed E-state index contributed by atoms with van der Waals surface area (Å²) in [7, 11) is 0.